The van der Waals surface area contributed by atoms with Crippen molar-refractivity contribution in [1.29, 1.82) is 0 Å². The van der Waals surface area contributed by atoms with Crippen LogP contribution in [0.2, 0.25) is 5.02 Å². The van der Waals surface area contributed by atoms with E-state index in [1.807, 2.05) is 18.2 Å². The summed E-state index contributed by atoms with van der Waals surface area (Å²) in [5.41, 5.74) is 2.34. The van der Waals surface area contributed by atoms with E-state index in [1.54, 1.807) is 0 Å². The van der Waals surface area contributed by atoms with Gasteiger partial charge in [-0.25, -0.2) is 4.99 Å². The maximum atomic E-state index is 6.02. The molecule has 2 bridgehead atoms. The van der Waals surface area contributed by atoms with Crippen molar-refractivity contribution in [2.24, 2.45) is 10.9 Å². The van der Waals surface area contributed by atoms with E-state index in [-0.39, 0.29) is 0 Å². The molecule has 2 nitrogen and oxygen atoms in total. The molecular formula is C13H11ClN2. The molecule has 0 radical (unpaired) electrons. The van der Waals surface area contributed by atoms with Gasteiger partial charge in [0.05, 0.1) is 5.69 Å². The molecule has 2 aliphatic heterocycles. The summed E-state index contributed by atoms with van der Waals surface area (Å²) < 4.78 is 0. The zero-order valence-corrected chi connectivity index (χ0v) is 9.48. The summed E-state index contributed by atoms with van der Waals surface area (Å²) in [6, 6.07) is 6.55. The fourth-order valence-corrected chi connectivity index (χ4v) is 3.12. The van der Waals surface area contributed by atoms with Gasteiger partial charge < -0.3 is 4.90 Å². The number of hydrogen-bond donors (Lipinski definition) is 0. The summed E-state index contributed by atoms with van der Waals surface area (Å²) in [7, 11) is 0. The SMILES string of the molecule is Clc1ccc2c(c1)CN1C(=N2)C2C=CC1C2. The molecule has 0 spiro atoms. The van der Waals surface area contributed by atoms with Crippen LogP contribution < -0.4 is 0 Å². The first-order chi connectivity index (χ1) is 7.81. The molecule has 1 fully saturated rings. The Morgan fingerprint density at radius 3 is 3.19 bits per heavy atom. The number of benzene rings is 1. The molecule has 3 heteroatoms. The molecule has 3 aliphatic rings. The second-order valence-electron chi connectivity index (χ2n) is 4.67. The Morgan fingerprint density at radius 2 is 2.25 bits per heavy atom. The van der Waals surface area contributed by atoms with Crippen LogP contribution in [0, 0.1) is 5.92 Å². The molecular weight excluding hydrogens is 220 g/mol. The van der Waals surface area contributed by atoms with Crippen LogP contribution in [0.4, 0.5) is 5.69 Å². The van der Waals surface area contributed by atoms with Gasteiger partial charge in [0, 0.05) is 23.5 Å². The lowest BCUT2D eigenvalue weighted by Crippen LogP contribution is -2.36. The van der Waals surface area contributed by atoms with Crippen LogP contribution in [0.25, 0.3) is 0 Å². The monoisotopic (exact) mass is 230 g/mol. The molecule has 2 unspecified atom stereocenters. The number of amidine groups is 1. The maximum Gasteiger partial charge on any atom is 0.113 e. The standard InChI is InChI=1S/C13H11ClN2/c14-10-2-4-12-9(5-10)7-16-11-3-1-8(6-11)13(16)15-12/h1-5,8,11H,6-7H2. The van der Waals surface area contributed by atoms with Gasteiger partial charge in [-0.3, -0.25) is 0 Å². The van der Waals surface area contributed by atoms with Gasteiger partial charge in [-0.05, 0) is 30.2 Å². The van der Waals surface area contributed by atoms with Crippen molar-refractivity contribution in [3.63, 3.8) is 0 Å². The second kappa shape index (κ2) is 2.89. The van der Waals surface area contributed by atoms with Crippen LogP contribution >= 0.6 is 11.6 Å². The molecule has 0 N–H and O–H groups in total. The Bertz CT molecular complexity index is 533. The number of aliphatic imine (C=N–C) groups is 1. The molecule has 16 heavy (non-hydrogen) atoms. The lowest BCUT2D eigenvalue weighted by Gasteiger charge is -2.31. The van der Waals surface area contributed by atoms with Crippen molar-refractivity contribution in [3.8, 4) is 0 Å². The highest BCUT2D eigenvalue weighted by Crippen LogP contribution is 2.40. The van der Waals surface area contributed by atoms with E-state index in [4.69, 9.17) is 16.6 Å². The van der Waals surface area contributed by atoms with E-state index in [9.17, 15) is 0 Å². The van der Waals surface area contributed by atoms with Crippen LogP contribution in [0.1, 0.15) is 12.0 Å². The van der Waals surface area contributed by atoms with E-state index in [0.717, 1.165) is 17.3 Å². The Kier molecular flexibility index (Phi) is 1.59. The average Bonchev–Trinajstić information content (AvgIpc) is 2.87. The Labute approximate surface area is 99.2 Å². The van der Waals surface area contributed by atoms with E-state index in [0.29, 0.717) is 12.0 Å². The molecule has 80 valence electrons. The minimum absolute atomic E-state index is 0.550. The number of fused-ring (bicyclic) bond motifs is 6. The molecule has 1 aliphatic carbocycles. The summed E-state index contributed by atoms with van der Waals surface area (Å²) in [5.74, 6) is 1.80. The molecule has 2 heterocycles. The molecule has 0 aromatic heterocycles. The number of halogens is 1. The predicted molar refractivity (Wildman–Crippen MR) is 65.1 cm³/mol. The lowest BCUT2D eigenvalue weighted by molar-refractivity contribution is 0.378. The third kappa shape index (κ3) is 1.05. The zero-order valence-electron chi connectivity index (χ0n) is 8.73. The van der Waals surface area contributed by atoms with Crippen LogP contribution in [0.15, 0.2) is 35.3 Å². The highest BCUT2D eigenvalue weighted by molar-refractivity contribution is 6.30. The van der Waals surface area contributed by atoms with Crippen molar-refractivity contribution >= 4 is 23.1 Å². The Balaban J connectivity index is 1.86. The summed E-state index contributed by atoms with van der Waals surface area (Å²) >= 11 is 6.02. The van der Waals surface area contributed by atoms with Crippen LogP contribution in [0.5, 0.6) is 0 Å². The van der Waals surface area contributed by atoms with Crippen LogP contribution in [-0.4, -0.2) is 16.8 Å². The third-order valence-electron chi connectivity index (χ3n) is 3.70. The van der Waals surface area contributed by atoms with Gasteiger partial charge in [0.1, 0.15) is 5.84 Å². The summed E-state index contributed by atoms with van der Waals surface area (Å²) in [5, 5.41) is 0.803. The largest absolute Gasteiger partial charge is 0.349 e. The summed E-state index contributed by atoms with van der Waals surface area (Å²) in [4.78, 5) is 7.17. The van der Waals surface area contributed by atoms with Crippen molar-refractivity contribution in [2.45, 2.75) is 19.0 Å². The summed E-state index contributed by atoms with van der Waals surface area (Å²) in [6.45, 7) is 0.959. The van der Waals surface area contributed by atoms with E-state index < -0.39 is 0 Å². The first-order valence-corrected chi connectivity index (χ1v) is 6.01. The molecule has 0 amide bonds. The van der Waals surface area contributed by atoms with E-state index >= 15 is 0 Å². The Hall–Kier alpha value is -1.28. The van der Waals surface area contributed by atoms with Gasteiger partial charge >= 0.3 is 0 Å². The first-order valence-electron chi connectivity index (χ1n) is 5.63. The smallest absolute Gasteiger partial charge is 0.113 e. The quantitative estimate of drug-likeness (QED) is 0.626. The number of hydrogen-bond acceptors (Lipinski definition) is 2. The summed E-state index contributed by atoms with van der Waals surface area (Å²) in [6.07, 6.45) is 5.81. The van der Waals surface area contributed by atoms with Crippen molar-refractivity contribution in [3.05, 3.63) is 40.9 Å². The van der Waals surface area contributed by atoms with Crippen LogP contribution in [0.3, 0.4) is 0 Å². The van der Waals surface area contributed by atoms with Gasteiger partial charge in [-0.15, -0.1) is 0 Å². The van der Waals surface area contributed by atoms with Gasteiger partial charge in [-0.1, -0.05) is 23.8 Å². The number of rotatable bonds is 0. The zero-order chi connectivity index (χ0) is 10.7. The molecule has 4 rings (SSSR count). The van der Waals surface area contributed by atoms with Gasteiger partial charge in [0.25, 0.3) is 0 Å². The highest BCUT2D eigenvalue weighted by Gasteiger charge is 2.40. The predicted octanol–water partition coefficient (Wildman–Crippen LogP) is 3.14. The molecule has 1 aromatic carbocycles. The highest BCUT2D eigenvalue weighted by atomic mass is 35.5. The Morgan fingerprint density at radius 1 is 1.31 bits per heavy atom. The second-order valence-corrected chi connectivity index (χ2v) is 5.10. The fourth-order valence-electron chi connectivity index (χ4n) is 2.93. The topological polar surface area (TPSA) is 15.6 Å². The maximum absolute atomic E-state index is 6.02. The third-order valence-corrected chi connectivity index (χ3v) is 3.94. The first kappa shape index (κ1) is 8.82. The van der Waals surface area contributed by atoms with Crippen molar-refractivity contribution < 1.29 is 0 Å². The molecule has 0 saturated carbocycles. The fraction of sp³-hybridized carbons (Fsp3) is 0.308. The van der Waals surface area contributed by atoms with Crippen molar-refractivity contribution in [2.75, 3.05) is 0 Å². The average molecular weight is 231 g/mol. The minimum atomic E-state index is 0.550. The van der Waals surface area contributed by atoms with E-state index in [1.165, 1.54) is 17.8 Å². The van der Waals surface area contributed by atoms with Gasteiger partial charge in [-0.2, -0.15) is 0 Å². The van der Waals surface area contributed by atoms with Gasteiger partial charge in [0.15, 0.2) is 0 Å². The van der Waals surface area contributed by atoms with Gasteiger partial charge in [0.2, 0.25) is 0 Å². The molecule has 1 aromatic rings. The normalized spacial score (nSPS) is 29.1. The number of nitrogens with zero attached hydrogens (tertiary/aromatic N) is 2. The van der Waals surface area contributed by atoms with Crippen molar-refractivity contribution in [1.82, 2.24) is 4.90 Å². The van der Waals surface area contributed by atoms with Crippen LogP contribution in [-0.2, 0) is 6.54 Å². The lowest BCUT2D eigenvalue weighted by atomic mass is 10.1. The molecule has 1 saturated heterocycles. The minimum Gasteiger partial charge on any atom is -0.349 e. The molecule has 2 atom stereocenters. The van der Waals surface area contributed by atoms with E-state index in [2.05, 4.69) is 17.1 Å².